The molecule has 6 heteroatoms. The van der Waals surface area contributed by atoms with Gasteiger partial charge in [-0.15, -0.1) is 0 Å². The number of hydrogen-bond acceptors (Lipinski definition) is 3. The van der Waals surface area contributed by atoms with Crippen molar-refractivity contribution in [2.75, 3.05) is 26.2 Å². The Morgan fingerprint density at radius 3 is 2.32 bits per heavy atom. The van der Waals surface area contributed by atoms with Gasteiger partial charge in [0.2, 0.25) is 0 Å². The molecular formula is C25H25FN2O3. The summed E-state index contributed by atoms with van der Waals surface area (Å²) in [7, 11) is 0. The molecule has 3 aromatic rings. The average Bonchev–Trinajstić information content (AvgIpc) is 3.20. The first kappa shape index (κ1) is 21.0. The molecule has 4 rings (SSSR count). The quantitative estimate of drug-likeness (QED) is 0.414. The van der Waals surface area contributed by atoms with Crippen LogP contribution in [0.15, 0.2) is 71.7 Å². The molecule has 5 nitrogen and oxygen atoms in total. The summed E-state index contributed by atoms with van der Waals surface area (Å²) in [6.45, 7) is 2.21. The van der Waals surface area contributed by atoms with E-state index in [0.717, 1.165) is 29.7 Å². The van der Waals surface area contributed by atoms with E-state index in [2.05, 4.69) is 0 Å². The van der Waals surface area contributed by atoms with E-state index in [4.69, 9.17) is 4.74 Å². The number of hydrogen-bond donors (Lipinski definition) is 0. The van der Waals surface area contributed by atoms with E-state index in [1.807, 2.05) is 42.5 Å². The van der Waals surface area contributed by atoms with E-state index < -0.39 is 0 Å². The standard InChI is InChI=1S/C25H25FN2O3/c26-22-7-5-20(6-8-22)3-4-21-13-14-27(25(29)19-21)23-9-11-24(12-10-23)31-18-17-28(30)15-1-2-16-28/h3-14,19H,1-2,15-18H2/b4-3+. The lowest BCUT2D eigenvalue weighted by molar-refractivity contribution is -0.868. The third-order valence-corrected chi connectivity index (χ3v) is 5.55. The van der Waals surface area contributed by atoms with Gasteiger partial charge in [0.15, 0.2) is 0 Å². The summed E-state index contributed by atoms with van der Waals surface area (Å²) in [4.78, 5) is 12.5. The van der Waals surface area contributed by atoms with Crippen molar-refractivity contribution in [1.29, 1.82) is 0 Å². The molecule has 0 N–H and O–H groups in total. The summed E-state index contributed by atoms with van der Waals surface area (Å²) >= 11 is 0. The predicted molar refractivity (Wildman–Crippen MR) is 120 cm³/mol. The van der Waals surface area contributed by atoms with Gasteiger partial charge in [0, 0.05) is 30.8 Å². The number of aromatic nitrogens is 1. The molecule has 0 aliphatic carbocycles. The lowest BCUT2D eigenvalue weighted by atomic mass is 10.1. The molecule has 2 heterocycles. The van der Waals surface area contributed by atoms with Crippen molar-refractivity contribution >= 4 is 12.2 Å². The van der Waals surface area contributed by atoms with Crippen LogP contribution >= 0.6 is 0 Å². The van der Waals surface area contributed by atoms with Crippen molar-refractivity contribution in [2.24, 2.45) is 0 Å². The maximum absolute atomic E-state index is 13.0. The molecule has 0 radical (unpaired) electrons. The maximum atomic E-state index is 13.0. The lowest BCUT2D eigenvalue weighted by Gasteiger charge is -2.38. The zero-order valence-electron chi connectivity index (χ0n) is 17.2. The van der Waals surface area contributed by atoms with Crippen LogP contribution in [0.4, 0.5) is 4.39 Å². The van der Waals surface area contributed by atoms with Gasteiger partial charge >= 0.3 is 0 Å². The van der Waals surface area contributed by atoms with Gasteiger partial charge in [-0.25, -0.2) is 4.39 Å². The van der Waals surface area contributed by atoms with Gasteiger partial charge in [0.05, 0.1) is 13.1 Å². The van der Waals surface area contributed by atoms with Gasteiger partial charge in [-0.2, -0.15) is 0 Å². The molecule has 160 valence electrons. The number of nitrogens with zero attached hydrogens (tertiary/aromatic N) is 2. The second-order valence-electron chi connectivity index (χ2n) is 7.83. The zero-order valence-corrected chi connectivity index (χ0v) is 17.2. The molecule has 1 aliphatic heterocycles. The first-order valence-electron chi connectivity index (χ1n) is 10.5. The second kappa shape index (κ2) is 9.29. The molecule has 0 saturated carbocycles. The fourth-order valence-electron chi connectivity index (χ4n) is 3.75. The van der Waals surface area contributed by atoms with Crippen LogP contribution in [0.5, 0.6) is 5.75 Å². The van der Waals surface area contributed by atoms with E-state index in [1.165, 1.54) is 12.1 Å². The molecular weight excluding hydrogens is 395 g/mol. The number of likely N-dealkylation sites (tertiary alicyclic amines) is 1. The summed E-state index contributed by atoms with van der Waals surface area (Å²) < 4.78 is 20.1. The minimum Gasteiger partial charge on any atom is -0.633 e. The minimum atomic E-state index is -0.279. The summed E-state index contributed by atoms with van der Waals surface area (Å²) in [5.74, 6) is 0.403. The number of halogens is 1. The number of ether oxygens (including phenoxy) is 1. The smallest absolute Gasteiger partial charge is 0.255 e. The van der Waals surface area contributed by atoms with E-state index in [0.29, 0.717) is 32.0 Å². The third kappa shape index (κ3) is 5.48. The van der Waals surface area contributed by atoms with Crippen LogP contribution in [0.1, 0.15) is 24.0 Å². The molecule has 0 amide bonds. The number of quaternary nitrogens is 1. The van der Waals surface area contributed by atoms with Crippen LogP contribution in [0.2, 0.25) is 0 Å². The average molecular weight is 420 g/mol. The van der Waals surface area contributed by atoms with Crippen LogP contribution in [0.3, 0.4) is 0 Å². The summed E-state index contributed by atoms with van der Waals surface area (Å²) in [5.41, 5.74) is 2.21. The molecule has 0 unspecified atom stereocenters. The van der Waals surface area contributed by atoms with E-state index in [-0.39, 0.29) is 16.0 Å². The Morgan fingerprint density at radius 2 is 1.65 bits per heavy atom. The van der Waals surface area contributed by atoms with Gasteiger partial charge in [0.1, 0.15) is 24.7 Å². The predicted octanol–water partition coefficient (Wildman–Crippen LogP) is 4.63. The van der Waals surface area contributed by atoms with E-state index in [9.17, 15) is 14.4 Å². The van der Waals surface area contributed by atoms with Gasteiger partial charge in [-0.3, -0.25) is 9.36 Å². The van der Waals surface area contributed by atoms with Crippen molar-refractivity contribution < 1.29 is 13.8 Å². The second-order valence-corrected chi connectivity index (χ2v) is 7.83. The van der Waals surface area contributed by atoms with E-state index in [1.54, 1.807) is 29.0 Å². The van der Waals surface area contributed by atoms with E-state index >= 15 is 0 Å². The summed E-state index contributed by atoms with van der Waals surface area (Å²) in [6, 6.07) is 16.8. The Morgan fingerprint density at radius 1 is 0.968 bits per heavy atom. The molecule has 2 aromatic carbocycles. The van der Waals surface area contributed by atoms with Gasteiger partial charge in [-0.1, -0.05) is 24.3 Å². The normalized spacial score (nSPS) is 15.4. The van der Waals surface area contributed by atoms with Gasteiger partial charge < -0.3 is 14.6 Å². The van der Waals surface area contributed by atoms with Crippen LogP contribution in [0.25, 0.3) is 17.8 Å². The first-order chi connectivity index (χ1) is 15.0. The van der Waals surface area contributed by atoms with Crippen molar-refractivity contribution in [1.82, 2.24) is 4.57 Å². The topological polar surface area (TPSA) is 54.3 Å². The zero-order chi connectivity index (χ0) is 21.7. The Bertz CT molecular complexity index is 1100. The Balaban J connectivity index is 1.38. The maximum Gasteiger partial charge on any atom is 0.255 e. The molecule has 0 spiro atoms. The number of pyridine rings is 1. The summed E-state index contributed by atoms with van der Waals surface area (Å²) in [5, 5.41) is 12.3. The summed E-state index contributed by atoms with van der Waals surface area (Å²) in [6.07, 6.45) is 7.37. The first-order valence-corrected chi connectivity index (χ1v) is 10.5. The SMILES string of the molecule is O=c1cc(/C=C/c2ccc(F)cc2)ccn1-c1ccc(OCC[N+]2([O-])CCCC2)cc1. The highest BCUT2D eigenvalue weighted by Gasteiger charge is 2.22. The van der Waals surface area contributed by atoms with Crippen molar-refractivity contribution in [2.45, 2.75) is 12.8 Å². The highest BCUT2D eigenvalue weighted by Crippen LogP contribution is 2.19. The third-order valence-electron chi connectivity index (χ3n) is 5.55. The molecule has 1 saturated heterocycles. The number of rotatable bonds is 7. The molecule has 31 heavy (non-hydrogen) atoms. The van der Waals surface area contributed by atoms with Crippen molar-refractivity contribution in [3.63, 3.8) is 0 Å². The molecule has 1 fully saturated rings. The Labute approximate surface area is 180 Å². The molecule has 1 aliphatic rings. The van der Waals surface area contributed by atoms with Gasteiger partial charge in [-0.05, 0) is 53.6 Å². The fourth-order valence-corrected chi connectivity index (χ4v) is 3.75. The minimum absolute atomic E-state index is 0.151. The molecule has 0 atom stereocenters. The lowest BCUT2D eigenvalue weighted by Crippen LogP contribution is -2.42. The highest BCUT2D eigenvalue weighted by atomic mass is 19.1. The fraction of sp³-hybridized carbons (Fsp3) is 0.240. The van der Waals surface area contributed by atoms with Crippen LogP contribution in [-0.4, -0.2) is 35.5 Å². The highest BCUT2D eigenvalue weighted by molar-refractivity contribution is 5.69. The largest absolute Gasteiger partial charge is 0.633 e. The monoisotopic (exact) mass is 420 g/mol. The number of hydroxylamine groups is 3. The van der Waals surface area contributed by atoms with Crippen molar-refractivity contribution in [3.8, 4) is 11.4 Å². The van der Waals surface area contributed by atoms with Crippen LogP contribution in [0, 0.1) is 11.0 Å². The Kier molecular flexibility index (Phi) is 6.30. The molecule has 0 bridgehead atoms. The number of benzene rings is 2. The molecule has 1 aromatic heterocycles. The van der Waals surface area contributed by atoms with Crippen molar-refractivity contribution in [3.05, 3.63) is 99.4 Å². The Hall–Kier alpha value is -3.22. The van der Waals surface area contributed by atoms with Gasteiger partial charge in [0.25, 0.3) is 5.56 Å². The van der Waals surface area contributed by atoms with Crippen LogP contribution in [-0.2, 0) is 0 Å². The van der Waals surface area contributed by atoms with Crippen LogP contribution < -0.4 is 10.3 Å².